The molecule has 0 spiro atoms. The number of carbonyl (C=O) groups is 1. The Labute approximate surface area is 142 Å². The van der Waals surface area contributed by atoms with E-state index < -0.39 is 0 Å². The van der Waals surface area contributed by atoms with Gasteiger partial charge in [0.2, 0.25) is 5.91 Å². The number of benzene rings is 2. The van der Waals surface area contributed by atoms with Crippen LogP contribution in [-0.4, -0.2) is 30.4 Å². The number of anilines is 2. The van der Waals surface area contributed by atoms with Gasteiger partial charge < -0.3 is 16.0 Å². The Hall–Kier alpha value is -2.33. The van der Waals surface area contributed by atoms with Gasteiger partial charge in [-0.2, -0.15) is 0 Å². The summed E-state index contributed by atoms with van der Waals surface area (Å²) in [4.78, 5) is 15.0. The molecule has 3 heterocycles. The van der Waals surface area contributed by atoms with E-state index in [1.54, 1.807) is 0 Å². The van der Waals surface area contributed by atoms with E-state index in [9.17, 15) is 4.79 Å². The van der Waals surface area contributed by atoms with Gasteiger partial charge in [0.15, 0.2) is 0 Å². The first-order valence-electron chi connectivity index (χ1n) is 8.68. The average molecular weight is 321 g/mol. The van der Waals surface area contributed by atoms with Crippen molar-refractivity contribution < 1.29 is 4.79 Å². The highest BCUT2D eigenvalue weighted by Crippen LogP contribution is 2.33. The lowest BCUT2D eigenvalue weighted by atomic mass is 9.78. The van der Waals surface area contributed by atoms with Crippen molar-refractivity contribution in [3.8, 4) is 11.1 Å². The van der Waals surface area contributed by atoms with Crippen LogP contribution >= 0.6 is 0 Å². The van der Waals surface area contributed by atoms with Crippen LogP contribution in [0.15, 0.2) is 48.5 Å². The van der Waals surface area contributed by atoms with Crippen molar-refractivity contribution in [1.82, 2.24) is 4.90 Å². The number of piperidine rings is 3. The molecule has 3 fully saturated rings. The summed E-state index contributed by atoms with van der Waals surface area (Å²) in [6.45, 7) is 3.23. The molecule has 1 atom stereocenters. The molecule has 2 bridgehead atoms. The molecule has 1 amide bonds. The number of nitrogen functional groups attached to an aromatic ring is 1. The molecule has 1 unspecified atom stereocenters. The number of rotatable bonds is 3. The third kappa shape index (κ3) is 3.02. The first-order valence-corrected chi connectivity index (χ1v) is 8.68. The summed E-state index contributed by atoms with van der Waals surface area (Å²) in [7, 11) is 0. The molecule has 3 saturated heterocycles. The lowest BCUT2D eigenvalue weighted by Crippen LogP contribution is -2.51. The zero-order chi connectivity index (χ0) is 16.5. The first-order chi connectivity index (χ1) is 11.7. The Bertz CT molecular complexity index is 733. The smallest absolute Gasteiger partial charge is 0.229 e. The highest BCUT2D eigenvalue weighted by molar-refractivity contribution is 5.93. The summed E-state index contributed by atoms with van der Waals surface area (Å²) in [5.41, 5.74) is 9.65. The second kappa shape index (κ2) is 6.29. The molecule has 0 saturated carbocycles. The van der Waals surface area contributed by atoms with E-state index in [0.717, 1.165) is 55.0 Å². The molecule has 0 aliphatic carbocycles. The zero-order valence-corrected chi connectivity index (χ0v) is 13.7. The molecule has 2 aromatic rings. The van der Waals surface area contributed by atoms with Crippen molar-refractivity contribution >= 4 is 17.3 Å². The van der Waals surface area contributed by atoms with Crippen LogP contribution in [0, 0.1) is 11.8 Å². The summed E-state index contributed by atoms with van der Waals surface area (Å²) in [5, 5.41) is 3.10. The number of hydrogen-bond donors (Lipinski definition) is 2. The van der Waals surface area contributed by atoms with E-state index in [0.29, 0.717) is 5.92 Å². The van der Waals surface area contributed by atoms with Gasteiger partial charge >= 0.3 is 0 Å². The molecule has 0 aromatic heterocycles. The van der Waals surface area contributed by atoms with Gasteiger partial charge in [-0.15, -0.1) is 0 Å². The number of nitrogens with two attached hydrogens (primary N) is 1. The third-order valence-electron chi connectivity index (χ3n) is 5.37. The van der Waals surface area contributed by atoms with Crippen LogP contribution in [-0.2, 0) is 4.79 Å². The maximum absolute atomic E-state index is 12.6. The third-order valence-corrected chi connectivity index (χ3v) is 5.37. The summed E-state index contributed by atoms with van der Waals surface area (Å²) >= 11 is 0. The van der Waals surface area contributed by atoms with Gasteiger partial charge in [0.05, 0.1) is 5.92 Å². The topological polar surface area (TPSA) is 58.4 Å². The number of fused-ring (bicyclic) bond motifs is 3. The highest BCUT2D eigenvalue weighted by Gasteiger charge is 2.38. The molecule has 3 aliphatic heterocycles. The van der Waals surface area contributed by atoms with Crippen LogP contribution in [0.25, 0.3) is 11.1 Å². The zero-order valence-electron chi connectivity index (χ0n) is 13.7. The van der Waals surface area contributed by atoms with Crippen molar-refractivity contribution in [2.45, 2.75) is 12.8 Å². The molecule has 4 heteroatoms. The Morgan fingerprint density at radius 2 is 1.79 bits per heavy atom. The van der Waals surface area contributed by atoms with E-state index in [2.05, 4.69) is 10.2 Å². The number of hydrogen-bond acceptors (Lipinski definition) is 3. The molecule has 24 heavy (non-hydrogen) atoms. The fourth-order valence-corrected chi connectivity index (χ4v) is 3.96. The number of nitrogens with zero attached hydrogens (tertiary/aromatic N) is 1. The van der Waals surface area contributed by atoms with Crippen molar-refractivity contribution in [3.63, 3.8) is 0 Å². The van der Waals surface area contributed by atoms with Crippen molar-refractivity contribution in [1.29, 1.82) is 0 Å². The van der Waals surface area contributed by atoms with E-state index in [4.69, 9.17) is 5.73 Å². The van der Waals surface area contributed by atoms with Gasteiger partial charge in [0, 0.05) is 17.9 Å². The van der Waals surface area contributed by atoms with E-state index in [-0.39, 0.29) is 11.8 Å². The predicted molar refractivity (Wildman–Crippen MR) is 97.6 cm³/mol. The van der Waals surface area contributed by atoms with Crippen LogP contribution in [0.2, 0.25) is 0 Å². The molecule has 3 N–H and O–H groups in total. The van der Waals surface area contributed by atoms with Gasteiger partial charge in [-0.1, -0.05) is 24.3 Å². The first kappa shape index (κ1) is 15.2. The molecular weight excluding hydrogens is 298 g/mol. The minimum absolute atomic E-state index is 0.140. The number of nitrogens with one attached hydrogen (secondary N) is 1. The molecular formula is C20H23N3O. The predicted octanol–water partition coefficient (Wildman–Crippen LogP) is 3.22. The molecule has 3 aliphatic rings. The number of amides is 1. The Kier molecular flexibility index (Phi) is 3.98. The van der Waals surface area contributed by atoms with Crippen LogP contribution in [0.3, 0.4) is 0 Å². The van der Waals surface area contributed by atoms with E-state index in [1.165, 1.54) is 0 Å². The quantitative estimate of drug-likeness (QED) is 0.854. The summed E-state index contributed by atoms with van der Waals surface area (Å²) < 4.78 is 0. The number of carbonyl (C=O) groups excluding carboxylic acids is 1. The molecule has 5 rings (SSSR count). The van der Waals surface area contributed by atoms with Gasteiger partial charge in [-0.25, -0.2) is 0 Å². The Morgan fingerprint density at radius 1 is 1.04 bits per heavy atom. The standard InChI is InChI=1S/C20H23N3O/c21-17-3-1-2-16(12-17)14-4-6-18(7-5-14)22-20(24)19-13-23-10-8-15(19)9-11-23/h1-7,12,15,19H,8-11,13,21H2,(H,22,24). The highest BCUT2D eigenvalue weighted by atomic mass is 16.1. The van der Waals surface area contributed by atoms with Gasteiger partial charge in [0.25, 0.3) is 0 Å². The lowest BCUT2D eigenvalue weighted by molar-refractivity contribution is -0.125. The lowest BCUT2D eigenvalue weighted by Gasteiger charge is -2.43. The van der Waals surface area contributed by atoms with Crippen molar-refractivity contribution in [3.05, 3.63) is 48.5 Å². The molecule has 2 aromatic carbocycles. The fraction of sp³-hybridized carbons (Fsp3) is 0.350. The van der Waals surface area contributed by atoms with Crippen LogP contribution < -0.4 is 11.1 Å². The van der Waals surface area contributed by atoms with E-state index >= 15 is 0 Å². The largest absolute Gasteiger partial charge is 0.399 e. The monoisotopic (exact) mass is 321 g/mol. The summed E-state index contributed by atoms with van der Waals surface area (Å²) in [6.07, 6.45) is 2.32. The average Bonchev–Trinajstić information content (AvgIpc) is 2.63. The maximum Gasteiger partial charge on any atom is 0.229 e. The van der Waals surface area contributed by atoms with Crippen molar-refractivity contribution in [2.24, 2.45) is 11.8 Å². The normalized spacial score (nSPS) is 25.4. The van der Waals surface area contributed by atoms with Crippen LogP contribution in [0.4, 0.5) is 11.4 Å². The minimum atomic E-state index is 0.140. The molecule has 4 nitrogen and oxygen atoms in total. The summed E-state index contributed by atoms with van der Waals surface area (Å²) in [6, 6.07) is 15.8. The maximum atomic E-state index is 12.6. The Morgan fingerprint density at radius 3 is 2.42 bits per heavy atom. The summed E-state index contributed by atoms with van der Waals surface area (Å²) in [5.74, 6) is 0.865. The van der Waals surface area contributed by atoms with Gasteiger partial charge in [0.1, 0.15) is 0 Å². The van der Waals surface area contributed by atoms with Crippen LogP contribution in [0.5, 0.6) is 0 Å². The molecule has 124 valence electrons. The molecule has 0 radical (unpaired) electrons. The van der Waals surface area contributed by atoms with E-state index in [1.807, 2.05) is 48.5 Å². The second-order valence-corrected chi connectivity index (χ2v) is 6.94. The second-order valence-electron chi connectivity index (χ2n) is 6.94. The Balaban J connectivity index is 1.45. The minimum Gasteiger partial charge on any atom is -0.399 e. The van der Waals surface area contributed by atoms with Gasteiger partial charge in [-0.05, 0) is 67.2 Å². The van der Waals surface area contributed by atoms with Crippen LogP contribution in [0.1, 0.15) is 12.8 Å². The SMILES string of the molecule is Nc1cccc(-c2ccc(NC(=O)C3CN4CCC3CC4)cc2)c1. The van der Waals surface area contributed by atoms with Gasteiger partial charge in [-0.3, -0.25) is 4.79 Å². The fourth-order valence-electron chi connectivity index (χ4n) is 3.96. The van der Waals surface area contributed by atoms with Crippen molar-refractivity contribution in [2.75, 3.05) is 30.7 Å².